The standard InChI is InChI=1S/C14H14F2N2O2/c1-9(4-5-10-3-2-8-20-10)18-14(19)11-6-7-17-13(16)12(11)15/h2-3,6-9H,4-5H2,1H3,(H,18,19). The predicted molar refractivity (Wildman–Crippen MR) is 68.1 cm³/mol. The zero-order valence-electron chi connectivity index (χ0n) is 10.9. The van der Waals surface area contributed by atoms with Gasteiger partial charge in [0.25, 0.3) is 5.91 Å². The summed E-state index contributed by atoms with van der Waals surface area (Å²) in [5, 5.41) is 2.61. The number of rotatable bonds is 5. The van der Waals surface area contributed by atoms with Gasteiger partial charge in [-0.1, -0.05) is 0 Å². The molecule has 0 radical (unpaired) electrons. The van der Waals surface area contributed by atoms with E-state index in [1.54, 1.807) is 19.3 Å². The normalized spacial score (nSPS) is 12.2. The molecule has 0 aliphatic rings. The quantitative estimate of drug-likeness (QED) is 0.857. The Morgan fingerprint density at radius 3 is 2.95 bits per heavy atom. The van der Waals surface area contributed by atoms with Crippen molar-refractivity contribution in [3.63, 3.8) is 0 Å². The van der Waals surface area contributed by atoms with Gasteiger partial charge in [0.1, 0.15) is 5.76 Å². The Morgan fingerprint density at radius 1 is 1.45 bits per heavy atom. The van der Waals surface area contributed by atoms with Gasteiger partial charge in [-0.25, -0.2) is 9.37 Å². The number of nitrogens with zero attached hydrogens (tertiary/aromatic N) is 1. The molecule has 0 aliphatic carbocycles. The third-order valence-electron chi connectivity index (χ3n) is 2.87. The molecule has 6 heteroatoms. The van der Waals surface area contributed by atoms with Gasteiger partial charge >= 0.3 is 0 Å². The second kappa shape index (κ2) is 6.27. The zero-order chi connectivity index (χ0) is 14.5. The van der Waals surface area contributed by atoms with Crippen molar-refractivity contribution in [3.8, 4) is 0 Å². The molecule has 0 aliphatic heterocycles. The van der Waals surface area contributed by atoms with Crippen LogP contribution < -0.4 is 5.32 Å². The minimum Gasteiger partial charge on any atom is -0.469 e. The van der Waals surface area contributed by atoms with E-state index in [0.29, 0.717) is 12.8 Å². The van der Waals surface area contributed by atoms with Crippen LogP contribution in [-0.2, 0) is 6.42 Å². The third kappa shape index (κ3) is 3.40. The topological polar surface area (TPSA) is 55.1 Å². The summed E-state index contributed by atoms with van der Waals surface area (Å²) >= 11 is 0. The fourth-order valence-corrected chi connectivity index (χ4v) is 1.78. The Labute approximate surface area is 114 Å². The minimum atomic E-state index is -1.28. The van der Waals surface area contributed by atoms with E-state index in [0.717, 1.165) is 18.0 Å². The number of furan rings is 1. The van der Waals surface area contributed by atoms with Crippen LogP contribution in [0.5, 0.6) is 0 Å². The molecule has 1 N–H and O–H groups in total. The smallest absolute Gasteiger partial charge is 0.254 e. The molecule has 0 saturated heterocycles. The maximum atomic E-state index is 13.4. The highest BCUT2D eigenvalue weighted by Crippen LogP contribution is 2.10. The van der Waals surface area contributed by atoms with Gasteiger partial charge in [0.2, 0.25) is 5.95 Å². The van der Waals surface area contributed by atoms with E-state index in [1.807, 2.05) is 6.07 Å². The molecule has 2 aromatic heterocycles. The molecule has 0 spiro atoms. The van der Waals surface area contributed by atoms with Crippen molar-refractivity contribution < 1.29 is 18.0 Å². The summed E-state index contributed by atoms with van der Waals surface area (Å²) in [6.07, 6.45) is 3.92. The Hall–Kier alpha value is -2.24. The molecule has 2 aromatic rings. The first-order valence-corrected chi connectivity index (χ1v) is 6.21. The first-order chi connectivity index (χ1) is 9.58. The Morgan fingerprint density at radius 2 is 2.25 bits per heavy atom. The molecular weight excluding hydrogens is 266 g/mol. The molecule has 2 rings (SSSR count). The summed E-state index contributed by atoms with van der Waals surface area (Å²) in [4.78, 5) is 15.0. The molecule has 1 atom stereocenters. The van der Waals surface area contributed by atoms with Gasteiger partial charge in [0, 0.05) is 18.7 Å². The average molecular weight is 280 g/mol. The largest absolute Gasteiger partial charge is 0.469 e. The monoisotopic (exact) mass is 280 g/mol. The summed E-state index contributed by atoms with van der Waals surface area (Å²) < 4.78 is 31.5. The first-order valence-electron chi connectivity index (χ1n) is 6.21. The zero-order valence-corrected chi connectivity index (χ0v) is 10.9. The summed E-state index contributed by atoms with van der Waals surface area (Å²) in [6, 6.07) is 4.58. The maximum Gasteiger partial charge on any atom is 0.254 e. The van der Waals surface area contributed by atoms with Gasteiger partial charge in [-0.05, 0) is 31.5 Å². The van der Waals surface area contributed by atoms with Crippen LogP contribution in [0, 0.1) is 11.8 Å². The number of hydrogen-bond acceptors (Lipinski definition) is 3. The lowest BCUT2D eigenvalue weighted by molar-refractivity contribution is 0.0932. The number of aromatic nitrogens is 1. The number of aryl methyl sites for hydroxylation is 1. The molecular formula is C14H14F2N2O2. The number of nitrogens with one attached hydrogen (secondary N) is 1. The molecule has 0 bridgehead atoms. The first kappa shape index (κ1) is 14.2. The lowest BCUT2D eigenvalue weighted by Crippen LogP contribution is -2.33. The molecule has 106 valence electrons. The van der Waals surface area contributed by atoms with Crippen LogP contribution in [0.3, 0.4) is 0 Å². The minimum absolute atomic E-state index is 0.191. The summed E-state index contributed by atoms with van der Waals surface area (Å²) in [6.45, 7) is 1.79. The van der Waals surface area contributed by atoms with Gasteiger partial charge in [0.15, 0.2) is 5.82 Å². The van der Waals surface area contributed by atoms with Crippen LogP contribution in [0.4, 0.5) is 8.78 Å². The summed E-state index contributed by atoms with van der Waals surface area (Å²) in [7, 11) is 0. The number of carbonyl (C=O) groups excluding carboxylic acids is 1. The van der Waals surface area contributed by atoms with Crippen LogP contribution >= 0.6 is 0 Å². The lowest BCUT2D eigenvalue weighted by atomic mass is 10.1. The molecule has 0 fully saturated rings. The van der Waals surface area contributed by atoms with E-state index in [1.165, 1.54) is 0 Å². The predicted octanol–water partition coefficient (Wildman–Crippen LogP) is 2.70. The van der Waals surface area contributed by atoms with E-state index < -0.39 is 17.7 Å². The Bertz CT molecular complexity index is 585. The van der Waals surface area contributed by atoms with Gasteiger partial charge < -0.3 is 9.73 Å². The van der Waals surface area contributed by atoms with E-state index in [9.17, 15) is 13.6 Å². The van der Waals surface area contributed by atoms with Gasteiger partial charge in [0.05, 0.1) is 11.8 Å². The van der Waals surface area contributed by atoms with Crippen molar-refractivity contribution in [2.75, 3.05) is 0 Å². The van der Waals surface area contributed by atoms with Crippen LogP contribution in [0.15, 0.2) is 35.1 Å². The van der Waals surface area contributed by atoms with Crippen molar-refractivity contribution >= 4 is 5.91 Å². The van der Waals surface area contributed by atoms with Gasteiger partial charge in [-0.2, -0.15) is 4.39 Å². The van der Waals surface area contributed by atoms with Gasteiger partial charge in [-0.3, -0.25) is 4.79 Å². The van der Waals surface area contributed by atoms with Gasteiger partial charge in [-0.15, -0.1) is 0 Å². The summed E-state index contributed by atoms with van der Waals surface area (Å²) in [5.74, 6) is -2.35. The van der Waals surface area contributed by atoms with E-state index in [2.05, 4.69) is 10.3 Å². The van der Waals surface area contributed by atoms with Crippen LogP contribution in [0.25, 0.3) is 0 Å². The highest BCUT2D eigenvalue weighted by Gasteiger charge is 2.17. The highest BCUT2D eigenvalue weighted by molar-refractivity contribution is 5.94. The average Bonchev–Trinajstić information content (AvgIpc) is 2.92. The van der Waals surface area contributed by atoms with Crippen molar-refractivity contribution in [1.82, 2.24) is 10.3 Å². The summed E-state index contributed by atoms with van der Waals surface area (Å²) in [5.41, 5.74) is -0.345. The fourth-order valence-electron chi connectivity index (χ4n) is 1.78. The number of pyridine rings is 1. The molecule has 1 unspecified atom stereocenters. The molecule has 0 aromatic carbocycles. The van der Waals surface area contributed by atoms with Crippen molar-refractivity contribution in [2.45, 2.75) is 25.8 Å². The second-order valence-corrected chi connectivity index (χ2v) is 4.46. The van der Waals surface area contributed by atoms with E-state index >= 15 is 0 Å². The number of amides is 1. The third-order valence-corrected chi connectivity index (χ3v) is 2.87. The number of carbonyl (C=O) groups is 1. The molecule has 20 heavy (non-hydrogen) atoms. The van der Waals surface area contributed by atoms with Crippen molar-refractivity contribution in [1.29, 1.82) is 0 Å². The molecule has 4 nitrogen and oxygen atoms in total. The van der Waals surface area contributed by atoms with Crippen LogP contribution in [-0.4, -0.2) is 16.9 Å². The number of halogens is 2. The molecule has 0 saturated carbocycles. The van der Waals surface area contributed by atoms with Crippen LogP contribution in [0.2, 0.25) is 0 Å². The fraction of sp³-hybridized carbons (Fsp3) is 0.286. The second-order valence-electron chi connectivity index (χ2n) is 4.46. The van der Waals surface area contributed by atoms with E-state index in [-0.39, 0.29) is 11.6 Å². The van der Waals surface area contributed by atoms with Crippen LogP contribution in [0.1, 0.15) is 29.5 Å². The molecule has 2 heterocycles. The highest BCUT2D eigenvalue weighted by atomic mass is 19.2. The van der Waals surface area contributed by atoms with Crippen molar-refractivity contribution in [3.05, 3.63) is 53.7 Å². The van der Waals surface area contributed by atoms with Crippen molar-refractivity contribution in [2.24, 2.45) is 0 Å². The SMILES string of the molecule is CC(CCc1ccco1)NC(=O)c1ccnc(F)c1F. The molecule has 1 amide bonds. The lowest BCUT2D eigenvalue weighted by Gasteiger charge is -2.13. The van der Waals surface area contributed by atoms with E-state index in [4.69, 9.17) is 4.42 Å². The Balaban J connectivity index is 1.92. The maximum absolute atomic E-state index is 13.4. The Kier molecular flexibility index (Phi) is 4.45. The number of hydrogen-bond donors (Lipinski definition) is 1.